The number of amides is 1. The van der Waals surface area contributed by atoms with Crippen LogP contribution in [0.2, 0.25) is 0 Å². The summed E-state index contributed by atoms with van der Waals surface area (Å²) in [7, 11) is 0. The van der Waals surface area contributed by atoms with Crippen molar-refractivity contribution < 1.29 is 13.9 Å². The van der Waals surface area contributed by atoms with Crippen LogP contribution in [0.15, 0.2) is 39.5 Å². The zero-order valence-corrected chi connectivity index (χ0v) is 16.7. The van der Waals surface area contributed by atoms with Gasteiger partial charge in [-0.25, -0.2) is 4.79 Å². The quantitative estimate of drug-likeness (QED) is 0.845. The fraction of sp³-hybridized carbons (Fsp3) is 0.478. The number of fused-ring (bicyclic) bond motifs is 2. The van der Waals surface area contributed by atoms with E-state index in [0.29, 0.717) is 31.0 Å². The lowest BCUT2D eigenvalue weighted by Crippen LogP contribution is -2.47. The number of piperidine rings is 1. The Kier molecular flexibility index (Phi) is 4.46. The average Bonchev–Trinajstić information content (AvgIpc) is 3.38. The second kappa shape index (κ2) is 7.02. The molecule has 1 spiro atoms. The highest BCUT2D eigenvalue weighted by Crippen LogP contribution is 2.44. The van der Waals surface area contributed by atoms with E-state index in [-0.39, 0.29) is 23.0 Å². The van der Waals surface area contributed by atoms with Crippen molar-refractivity contribution in [3.63, 3.8) is 0 Å². The van der Waals surface area contributed by atoms with Crippen LogP contribution in [0.1, 0.15) is 59.0 Å². The molecule has 3 aliphatic rings. The summed E-state index contributed by atoms with van der Waals surface area (Å²) < 4.78 is 11.1. The minimum Gasteiger partial charge on any atom is -0.424 e. The third kappa shape index (κ3) is 3.06. The molecule has 6 heteroatoms. The van der Waals surface area contributed by atoms with Crippen molar-refractivity contribution in [2.45, 2.75) is 44.1 Å². The number of aryl methyl sites for hydroxylation is 1. The van der Waals surface area contributed by atoms with E-state index in [2.05, 4.69) is 23.5 Å². The van der Waals surface area contributed by atoms with Crippen molar-refractivity contribution in [3.8, 4) is 0 Å². The highest BCUT2D eigenvalue weighted by Gasteiger charge is 2.42. The molecule has 6 nitrogen and oxygen atoms in total. The van der Waals surface area contributed by atoms with Gasteiger partial charge in [0.25, 0.3) is 5.91 Å². The lowest BCUT2D eigenvalue weighted by Gasteiger charge is -2.39. The van der Waals surface area contributed by atoms with Gasteiger partial charge in [0.15, 0.2) is 0 Å². The Balaban J connectivity index is 1.34. The number of nitrogens with zero attached hydrogens (tertiary/aromatic N) is 1. The molecule has 1 atom stereocenters. The molecule has 152 valence electrons. The summed E-state index contributed by atoms with van der Waals surface area (Å²) in [5.41, 5.74) is 2.92. The molecular weight excluding hydrogens is 368 g/mol. The van der Waals surface area contributed by atoms with Gasteiger partial charge in [-0.3, -0.25) is 4.79 Å². The monoisotopic (exact) mass is 394 g/mol. The fourth-order valence-corrected chi connectivity index (χ4v) is 5.05. The van der Waals surface area contributed by atoms with Crippen LogP contribution in [0.3, 0.4) is 0 Å². The molecule has 2 aromatic rings. The van der Waals surface area contributed by atoms with Crippen LogP contribution in [0.5, 0.6) is 0 Å². The normalized spacial score (nSPS) is 22.5. The smallest absolute Gasteiger partial charge is 0.349 e. The number of likely N-dealkylation sites (tertiary alicyclic amines) is 1. The second-order valence-corrected chi connectivity index (χ2v) is 8.47. The van der Waals surface area contributed by atoms with Crippen molar-refractivity contribution in [3.05, 3.63) is 63.2 Å². The first-order valence-corrected chi connectivity index (χ1v) is 10.5. The molecule has 1 amide bonds. The fourth-order valence-electron chi connectivity index (χ4n) is 5.05. The van der Waals surface area contributed by atoms with Crippen molar-refractivity contribution in [1.29, 1.82) is 0 Å². The molecule has 5 rings (SSSR count). The van der Waals surface area contributed by atoms with Crippen LogP contribution in [0, 0.1) is 6.92 Å². The maximum absolute atomic E-state index is 13.1. The van der Waals surface area contributed by atoms with Gasteiger partial charge in [-0.2, -0.15) is 0 Å². The Morgan fingerprint density at radius 1 is 1.24 bits per heavy atom. The molecule has 1 unspecified atom stereocenters. The highest BCUT2D eigenvalue weighted by molar-refractivity contribution is 5.95. The Morgan fingerprint density at radius 3 is 2.76 bits per heavy atom. The van der Waals surface area contributed by atoms with E-state index >= 15 is 0 Å². The summed E-state index contributed by atoms with van der Waals surface area (Å²) in [4.78, 5) is 27.6. The Hall–Kier alpha value is -2.60. The van der Waals surface area contributed by atoms with Gasteiger partial charge in [0.2, 0.25) is 0 Å². The summed E-state index contributed by atoms with van der Waals surface area (Å²) in [5, 5.41) is 3.51. The number of benzene rings is 1. The Bertz CT molecular complexity index is 998. The van der Waals surface area contributed by atoms with Crippen molar-refractivity contribution in [2.75, 3.05) is 31.6 Å². The second-order valence-electron chi connectivity index (χ2n) is 8.47. The molecule has 3 aliphatic heterocycles. The van der Waals surface area contributed by atoms with Crippen molar-refractivity contribution >= 4 is 11.6 Å². The van der Waals surface area contributed by atoms with Gasteiger partial charge in [0.1, 0.15) is 17.4 Å². The van der Waals surface area contributed by atoms with E-state index in [9.17, 15) is 9.59 Å². The highest BCUT2D eigenvalue weighted by atomic mass is 16.5. The minimum absolute atomic E-state index is 0.0801. The van der Waals surface area contributed by atoms with E-state index in [4.69, 9.17) is 9.15 Å². The standard InChI is InChI=1S/C23H26N2O4/c1-15-13-19(18-7-4-12-28-18)29-22(27)20(15)21(26)25-10-8-23(9-11-25)14-24-17-6-3-2-5-16(17)23/h2-3,5-6,13,18,24H,4,7-12,14H2,1H3. The molecule has 0 saturated carbocycles. The molecule has 1 aromatic carbocycles. The van der Waals surface area contributed by atoms with Crippen LogP contribution in [-0.2, 0) is 10.2 Å². The van der Waals surface area contributed by atoms with Gasteiger partial charge >= 0.3 is 5.63 Å². The summed E-state index contributed by atoms with van der Waals surface area (Å²) in [6.07, 6.45) is 3.42. The Labute approximate surface area is 169 Å². The number of rotatable bonds is 2. The first-order chi connectivity index (χ1) is 14.1. The molecule has 0 bridgehead atoms. The van der Waals surface area contributed by atoms with Crippen molar-refractivity contribution in [1.82, 2.24) is 4.90 Å². The predicted molar refractivity (Wildman–Crippen MR) is 109 cm³/mol. The van der Waals surface area contributed by atoms with Gasteiger partial charge in [-0.15, -0.1) is 0 Å². The molecule has 1 N–H and O–H groups in total. The molecule has 0 aliphatic carbocycles. The molecule has 2 saturated heterocycles. The van der Waals surface area contributed by atoms with Crippen LogP contribution < -0.4 is 10.9 Å². The average molecular weight is 394 g/mol. The maximum Gasteiger partial charge on any atom is 0.349 e. The molecule has 29 heavy (non-hydrogen) atoms. The molecule has 4 heterocycles. The number of carbonyl (C=O) groups excluding carboxylic acids is 1. The number of nitrogens with one attached hydrogen (secondary N) is 1. The van der Waals surface area contributed by atoms with Crippen molar-refractivity contribution in [2.24, 2.45) is 0 Å². The number of para-hydroxylation sites is 1. The lowest BCUT2D eigenvalue weighted by molar-refractivity contribution is 0.0664. The maximum atomic E-state index is 13.1. The SMILES string of the molecule is Cc1cc(C2CCCO2)oc(=O)c1C(=O)N1CCC2(CC1)CNc1ccccc12. The van der Waals surface area contributed by atoms with Gasteiger partial charge in [0.05, 0.1) is 0 Å². The number of hydrogen-bond donors (Lipinski definition) is 1. The number of hydrogen-bond acceptors (Lipinski definition) is 5. The van der Waals surface area contributed by atoms with Crippen LogP contribution in [-0.4, -0.2) is 37.0 Å². The van der Waals surface area contributed by atoms with Gasteiger partial charge < -0.3 is 19.4 Å². The zero-order valence-electron chi connectivity index (χ0n) is 16.7. The molecular formula is C23H26N2O4. The van der Waals surface area contributed by atoms with E-state index in [1.54, 1.807) is 11.0 Å². The first kappa shape index (κ1) is 18.4. The molecule has 1 aromatic heterocycles. The summed E-state index contributed by atoms with van der Waals surface area (Å²) in [6, 6.07) is 10.2. The number of anilines is 1. The van der Waals surface area contributed by atoms with Crippen LogP contribution in [0.25, 0.3) is 0 Å². The summed E-state index contributed by atoms with van der Waals surface area (Å²) in [5.74, 6) is 0.317. The number of carbonyl (C=O) groups is 1. The zero-order chi connectivity index (χ0) is 20.0. The third-order valence-corrected chi connectivity index (χ3v) is 6.75. The van der Waals surface area contributed by atoms with E-state index in [0.717, 1.165) is 32.2 Å². The van der Waals surface area contributed by atoms with E-state index in [1.807, 2.05) is 13.0 Å². The predicted octanol–water partition coefficient (Wildman–Crippen LogP) is 3.40. The Morgan fingerprint density at radius 2 is 2.03 bits per heavy atom. The van der Waals surface area contributed by atoms with Gasteiger partial charge in [-0.05, 0) is 55.9 Å². The first-order valence-electron chi connectivity index (χ1n) is 10.5. The van der Waals surface area contributed by atoms with Crippen LogP contribution >= 0.6 is 0 Å². The molecule has 0 radical (unpaired) electrons. The topological polar surface area (TPSA) is 71.8 Å². The van der Waals surface area contributed by atoms with Gasteiger partial charge in [0, 0.05) is 37.3 Å². The summed E-state index contributed by atoms with van der Waals surface area (Å²) in [6.45, 7) is 4.68. The minimum atomic E-state index is -0.548. The largest absolute Gasteiger partial charge is 0.424 e. The lowest BCUT2D eigenvalue weighted by atomic mass is 9.74. The summed E-state index contributed by atoms with van der Waals surface area (Å²) >= 11 is 0. The van der Waals surface area contributed by atoms with Gasteiger partial charge in [-0.1, -0.05) is 18.2 Å². The number of ether oxygens (including phenoxy) is 1. The van der Waals surface area contributed by atoms with E-state index < -0.39 is 5.63 Å². The third-order valence-electron chi connectivity index (χ3n) is 6.75. The molecule has 2 fully saturated rings. The van der Waals surface area contributed by atoms with E-state index in [1.165, 1.54) is 11.3 Å². The van der Waals surface area contributed by atoms with Crippen LogP contribution in [0.4, 0.5) is 5.69 Å².